The minimum atomic E-state index is -1.88. The van der Waals surface area contributed by atoms with E-state index < -0.39 is 6.43 Å². The second kappa shape index (κ2) is 5.68. The second-order valence-electron chi connectivity index (χ2n) is 2.22. The Morgan fingerprint density at radius 2 is 2.08 bits per heavy atom. The topological polar surface area (TPSA) is 36.7 Å². The van der Waals surface area contributed by atoms with Gasteiger partial charge in [0.25, 0.3) is 0 Å². The molecule has 0 saturated heterocycles. The number of pyridine rings is 1. The van der Waals surface area contributed by atoms with Crippen LogP contribution in [0.5, 0.6) is 0 Å². The zero-order valence-electron chi connectivity index (χ0n) is 7.31. The molecule has 0 bridgehead atoms. The molecular formula is C8H5F2KN2. The molecule has 0 fully saturated rings. The number of nitriles is 1. The van der Waals surface area contributed by atoms with Crippen LogP contribution in [-0.2, 0) is 0 Å². The summed E-state index contributed by atoms with van der Waals surface area (Å²) in [7, 11) is 0. The molecule has 2 nitrogen and oxygen atoms in total. The van der Waals surface area contributed by atoms with Gasteiger partial charge in [0, 0.05) is 11.4 Å². The van der Waals surface area contributed by atoms with Crippen molar-refractivity contribution in [3.05, 3.63) is 35.5 Å². The number of aromatic nitrogens is 1. The third-order valence-electron chi connectivity index (χ3n) is 1.34. The van der Waals surface area contributed by atoms with Crippen LogP contribution in [0, 0.1) is 24.7 Å². The molecule has 0 aliphatic carbocycles. The molecule has 62 valence electrons. The summed E-state index contributed by atoms with van der Waals surface area (Å²) in [5.74, 6) is 0. The van der Waals surface area contributed by atoms with Gasteiger partial charge in [0.15, 0.2) is 6.43 Å². The number of hydrogen-bond donors (Lipinski definition) is 0. The molecule has 0 aromatic carbocycles. The van der Waals surface area contributed by atoms with Gasteiger partial charge >= 0.3 is 51.4 Å². The number of hydrogen-bond acceptors (Lipinski definition) is 2. The maximum absolute atomic E-state index is 12.1. The standard InChI is InChI=1S/C8H5F2N2.K/c1-5-2-3-6(8(9)10)7(4-11)12-5;/h2-3H,1H3;/q-1;+1. The van der Waals surface area contributed by atoms with Gasteiger partial charge < -0.3 is 4.98 Å². The molecule has 1 heterocycles. The second-order valence-corrected chi connectivity index (χ2v) is 2.22. The molecule has 0 saturated carbocycles. The largest absolute Gasteiger partial charge is 1.00 e. The third-order valence-corrected chi connectivity index (χ3v) is 1.34. The molecule has 0 unspecified atom stereocenters. The zero-order valence-corrected chi connectivity index (χ0v) is 10.4. The van der Waals surface area contributed by atoms with Crippen LogP contribution in [-0.4, -0.2) is 4.98 Å². The molecule has 13 heavy (non-hydrogen) atoms. The maximum Gasteiger partial charge on any atom is 1.00 e. The fraction of sp³-hybridized carbons (Fsp3) is 0.125. The molecule has 0 N–H and O–H groups in total. The summed E-state index contributed by atoms with van der Waals surface area (Å²) in [6.07, 6.45) is -1.88. The van der Waals surface area contributed by atoms with Gasteiger partial charge in [0.2, 0.25) is 0 Å². The van der Waals surface area contributed by atoms with E-state index in [1.807, 2.05) is 0 Å². The Hall–Kier alpha value is 0.00636. The Balaban J connectivity index is 0.00000144. The van der Waals surface area contributed by atoms with Gasteiger partial charge in [-0.05, 0) is 6.92 Å². The minimum Gasteiger partial charge on any atom is -0.307 e. The van der Waals surface area contributed by atoms with Crippen molar-refractivity contribution in [2.75, 3.05) is 0 Å². The van der Waals surface area contributed by atoms with Crippen LogP contribution in [0.25, 0.3) is 0 Å². The van der Waals surface area contributed by atoms with Crippen molar-refractivity contribution in [3.63, 3.8) is 0 Å². The summed E-state index contributed by atoms with van der Waals surface area (Å²) in [5, 5.41) is 8.43. The Morgan fingerprint density at radius 1 is 1.46 bits per heavy atom. The molecule has 1 aromatic heterocycles. The summed E-state index contributed by atoms with van der Waals surface area (Å²) in [6, 6.07) is 4.24. The van der Waals surface area contributed by atoms with E-state index in [2.05, 4.69) is 4.98 Å². The van der Waals surface area contributed by atoms with Crippen LogP contribution < -0.4 is 51.4 Å². The van der Waals surface area contributed by atoms with Gasteiger partial charge in [-0.2, -0.15) is 6.07 Å². The van der Waals surface area contributed by atoms with Crippen molar-refractivity contribution in [2.24, 2.45) is 0 Å². The van der Waals surface area contributed by atoms with E-state index in [0.29, 0.717) is 5.69 Å². The third kappa shape index (κ3) is 3.33. The van der Waals surface area contributed by atoms with Gasteiger partial charge in [-0.1, -0.05) is 11.6 Å². The van der Waals surface area contributed by atoms with Gasteiger partial charge in [-0.15, -0.1) is 0 Å². The Bertz CT molecular complexity index is 333. The summed E-state index contributed by atoms with van der Waals surface area (Å²) in [5.41, 5.74) is -0.0605. The Labute approximate surface area is 117 Å². The molecule has 0 aliphatic rings. The van der Waals surface area contributed by atoms with Crippen LogP contribution >= 0.6 is 0 Å². The predicted octanol–water partition coefficient (Wildman–Crippen LogP) is -0.958. The summed E-state index contributed by atoms with van der Waals surface area (Å²) in [6.45, 7) is 1.64. The summed E-state index contributed by atoms with van der Waals surface area (Å²) >= 11 is 0. The van der Waals surface area contributed by atoms with Crippen molar-refractivity contribution in [1.29, 1.82) is 5.26 Å². The number of rotatable bonds is 1. The molecule has 0 spiro atoms. The van der Waals surface area contributed by atoms with Crippen molar-refractivity contribution in [2.45, 2.75) is 6.92 Å². The molecule has 0 atom stereocenters. The molecule has 0 amide bonds. The number of halogens is 2. The summed E-state index contributed by atoms with van der Waals surface area (Å²) in [4.78, 5) is 3.65. The van der Waals surface area contributed by atoms with Crippen LogP contribution in [0.4, 0.5) is 8.78 Å². The average molecular weight is 206 g/mol. The minimum absolute atomic E-state index is 0. The molecular weight excluding hydrogens is 201 g/mol. The first kappa shape index (κ1) is 13.0. The first-order valence-corrected chi connectivity index (χ1v) is 3.21. The molecule has 1 rings (SSSR count). The first-order chi connectivity index (χ1) is 5.65. The smallest absolute Gasteiger partial charge is 0.307 e. The van der Waals surface area contributed by atoms with E-state index >= 15 is 0 Å². The van der Waals surface area contributed by atoms with Gasteiger partial charge in [0.05, 0.1) is 6.07 Å². The van der Waals surface area contributed by atoms with Gasteiger partial charge in [-0.3, -0.25) is 8.78 Å². The van der Waals surface area contributed by atoms with Crippen LogP contribution in [0.1, 0.15) is 17.0 Å². The molecule has 0 radical (unpaired) electrons. The SMILES string of the molecule is Cc1ccc([C-](F)F)c(C#N)n1.[K+]. The number of nitrogens with zero attached hydrogens (tertiary/aromatic N) is 2. The molecule has 1 aromatic rings. The molecule has 5 heteroatoms. The van der Waals surface area contributed by atoms with Crippen LogP contribution in [0.15, 0.2) is 12.1 Å². The zero-order chi connectivity index (χ0) is 9.14. The van der Waals surface area contributed by atoms with E-state index in [-0.39, 0.29) is 62.6 Å². The first-order valence-electron chi connectivity index (χ1n) is 3.21. The van der Waals surface area contributed by atoms with Gasteiger partial charge in [-0.25, -0.2) is 5.26 Å². The van der Waals surface area contributed by atoms with E-state index in [1.165, 1.54) is 12.1 Å². The van der Waals surface area contributed by atoms with Gasteiger partial charge in [0.1, 0.15) is 0 Å². The van der Waals surface area contributed by atoms with Crippen molar-refractivity contribution in [1.82, 2.24) is 4.98 Å². The van der Waals surface area contributed by atoms with E-state index in [1.54, 1.807) is 13.0 Å². The molecule has 0 aliphatic heterocycles. The monoisotopic (exact) mass is 206 g/mol. The average Bonchev–Trinajstić information content (AvgIpc) is 2.03. The van der Waals surface area contributed by atoms with E-state index in [9.17, 15) is 8.78 Å². The van der Waals surface area contributed by atoms with E-state index in [0.717, 1.165) is 0 Å². The normalized spacial score (nSPS) is 8.46. The van der Waals surface area contributed by atoms with Crippen molar-refractivity contribution in [3.8, 4) is 6.07 Å². The maximum atomic E-state index is 12.1. The van der Waals surface area contributed by atoms with Crippen LogP contribution in [0.2, 0.25) is 0 Å². The fourth-order valence-electron chi connectivity index (χ4n) is 0.794. The predicted molar refractivity (Wildman–Crippen MR) is 38.3 cm³/mol. The quantitative estimate of drug-likeness (QED) is 0.438. The fourth-order valence-corrected chi connectivity index (χ4v) is 0.794. The van der Waals surface area contributed by atoms with Crippen molar-refractivity contribution < 1.29 is 60.2 Å². The van der Waals surface area contributed by atoms with E-state index in [4.69, 9.17) is 5.26 Å². The Kier molecular flexibility index (Phi) is 5.68. The van der Waals surface area contributed by atoms with Crippen molar-refractivity contribution >= 4 is 0 Å². The summed E-state index contributed by atoms with van der Waals surface area (Å²) < 4.78 is 24.1. The Morgan fingerprint density at radius 3 is 2.54 bits per heavy atom. The number of aryl methyl sites for hydroxylation is 1. The van der Waals surface area contributed by atoms with Crippen LogP contribution in [0.3, 0.4) is 0 Å².